The first-order chi connectivity index (χ1) is 13.5. The maximum atomic E-state index is 13.3. The second kappa shape index (κ2) is 7.33. The van der Waals surface area contributed by atoms with Crippen molar-refractivity contribution in [3.05, 3.63) is 41.7 Å². The molecule has 0 bridgehead atoms. The predicted octanol–water partition coefficient (Wildman–Crippen LogP) is 2.18. The summed E-state index contributed by atoms with van der Waals surface area (Å²) in [6, 6.07) is 7.86. The quantitative estimate of drug-likeness (QED) is 0.532. The minimum absolute atomic E-state index is 0.0341. The summed E-state index contributed by atoms with van der Waals surface area (Å²) in [4.78, 5) is 21.9. The number of benzene rings is 1. The van der Waals surface area contributed by atoms with Crippen LogP contribution in [0.15, 0.2) is 30.5 Å². The summed E-state index contributed by atoms with van der Waals surface area (Å²) in [6.07, 6.45) is 1.67. The van der Waals surface area contributed by atoms with Crippen molar-refractivity contribution in [2.75, 3.05) is 53.1 Å². The van der Waals surface area contributed by atoms with E-state index in [-0.39, 0.29) is 5.78 Å². The van der Waals surface area contributed by atoms with E-state index in [1.807, 2.05) is 51.1 Å². The predicted molar refractivity (Wildman–Crippen MR) is 112 cm³/mol. The fourth-order valence-corrected chi connectivity index (χ4v) is 3.62. The number of rotatable bonds is 7. The molecule has 1 aliphatic carbocycles. The van der Waals surface area contributed by atoms with Crippen molar-refractivity contribution >= 4 is 22.4 Å². The van der Waals surface area contributed by atoms with Gasteiger partial charge in [-0.25, -0.2) is 0 Å². The Balaban J connectivity index is 1.87. The molecule has 4 rings (SSSR count). The summed E-state index contributed by atoms with van der Waals surface area (Å²) in [7, 11) is 8.16. The summed E-state index contributed by atoms with van der Waals surface area (Å²) in [5.74, 6) is -0.0341. The molecule has 28 heavy (non-hydrogen) atoms. The van der Waals surface area contributed by atoms with Gasteiger partial charge in [-0.15, -0.1) is 0 Å². The number of aromatic nitrogens is 3. The zero-order valence-corrected chi connectivity index (χ0v) is 16.9. The molecule has 7 heteroatoms. The Morgan fingerprint density at radius 3 is 2.57 bits per heavy atom. The fraction of sp³-hybridized carbons (Fsp3) is 0.381. The highest BCUT2D eigenvalue weighted by Crippen LogP contribution is 2.41. The van der Waals surface area contributed by atoms with Gasteiger partial charge in [0.2, 0.25) is 5.78 Å². The van der Waals surface area contributed by atoms with E-state index in [1.54, 1.807) is 6.20 Å². The van der Waals surface area contributed by atoms with Crippen LogP contribution in [-0.2, 0) is 6.54 Å². The third-order valence-electron chi connectivity index (χ3n) is 5.06. The van der Waals surface area contributed by atoms with Gasteiger partial charge in [0.05, 0.1) is 17.6 Å². The van der Waals surface area contributed by atoms with E-state index in [0.29, 0.717) is 11.3 Å². The Labute approximate surface area is 165 Å². The van der Waals surface area contributed by atoms with E-state index in [0.717, 1.165) is 54.0 Å². The van der Waals surface area contributed by atoms with Crippen molar-refractivity contribution in [1.29, 1.82) is 0 Å². The van der Waals surface area contributed by atoms with Gasteiger partial charge >= 0.3 is 0 Å². The van der Waals surface area contributed by atoms with Crippen molar-refractivity contribution in [1.82, 2.24) is 24.6 Å². The largest absolute Gasteiger partial charge is 0.383 e. The first kappa shape index (κ1) is 18.6. The van der Waals surface area contributed by atoms with E-state index in [1.165, 1.54) is 0 Å². The maximum absolute atomic E-state index is 13.3. The first-order valence-corrected chi connectivity index (χ1v) is 9.54. The smallest absolute Gasteiger partial charge is 0.214 e. The molecule has 2 aromatic heterocycles. The van der Waals surface area contributed by atoms with E-state index >= 15 is 0 Å². The van der Waals surface area contributed by atoms with Crippen molar-refractivity contribution in [3.63, 3.8) is 0 Å². The van der Waals surface area contributed by atoms with Crippen LogP contribution in [0.3, 0.4) is 0 Å². The number of fused-ring (bicyclic) bond motifs is 2. The summed E-state index contributed by atoms with van der Waals surface area (Å²) in [5, 5.41) is 9.24. The molecule has 0 fully saturated rings. The lowest BCUT2D eigenvalue weighted by atomic mass is 9.89. The van der Waals surface area contributed by atoms with E-state index in [2.05, 4.69) is 26.2 Å². The Morgan fingerprint density at radius 2 is 1.82 bits per heavy atom. The highest BCUT2D eigenvalue weighted by Gasteiger charge is 2.31. The molecular formula is C21H26N6O. The number of nitrogens with zero attached hydrogens (tertiary/aromatic N) is 5. The molecule has 0 saturated carbocycles. The van der Waals surface area contributed by atoms with Gasteiger partial charge in [-0.05, 0) is 52.5 Å². The molecular weight excluding hydrogens is 352 g/mol. The van der Waals surface area contributed by atoms with Gasteiger partial charge in [0, 0.05) is 42.5 Å². The summed E-state index contributed by atoms with van der Waals surface area (Å²) in [6.45, 7) is 3.29. The average molecular weight is 378 g/mol. The fourth-order valence-electron chi connectivity index (χ4n) is 3.62. The average Bonchev–Trinajstić information content (AvgIpc) is 3.04. The van der Waals surface area contributed by atoms with Crippen LogP contribution in [0.25, 0.3) is 22.2 Å². The van der Waals surface area contributed by atoms with Crippen LogP contribution < -0.4 is 5.32 Å². The molecule has 1 N–H and O–H groups in total. The minimum Gasteiger partial charge on any atom is -0.383 e. The lowest BCUT2D eigenvalue weighted by Gasteiger charge is -2.18. The SMILES string of the molecule is CN(C)CCNc1ccc2c3c(nn2CCN(C)C)-c2cccnc2C(=O)c13. The van der Waals surface area contributed by atoms with Crippen LogP contribution in [-0.4, -0.2) is 78.2 Å². The number of carbonyl (C=O) groups is 1. The van der Waals surface area contributed by atoms with Gasteiger partial charge in [-0.3, -0.25) is 14.5 Å². The Bertz CT molecular complexity index is 1040. The van der Waals surface area contributed by atoms with E-state index in [4.69, 9.17) is 5.10 Å². The van der Waals surface area contributed by atoms with Crippen molar-refractivity contribution in [2.45, 2.75) is 6.54 Å². The molecule has 2 heterocycles. The molecule has 0 unspecified atom stereocenters. The summed E-state index contributed by atoms with van der Waals surface area (Å²) in [5.41, 5.74) is 4.68. The van der Waals surface area contributed by atoms with Crippen LogP contribution in [0.2, 0.25) is 0 Å². The number of ketones is 1. The molecule has 1 aromatic carbocycles. The molecule has 0 spiro atoms. The number of carbonyl (C=O) groups excluding carboxylic acids is 1. The maximum Gasteiger partial charge on any atom is 0.214 e. The van der Waals surface area contributed by atoms with Crippen molar-refractivity contribution in [2.24, 2.45) is 0 Å². The molecule has 1 aliphatic rings. The molecule has 0 saturated heterocycles. The van der Waals surface area contributed by atoms with Gasteiger partial charge in [0.15, 0.2) is 0 Å². The molecule has 146 valence electrons. The highest BCUT2D eigenvalue weighted by molar-refractivity contribution is 6.26. The van der Waals surface area contributed by atoms with Crippen LogP contribution >= 0.6 is 0 Å². The van der Waals surface area contributed by atoms with Gasteiger partial charge < -0.3 is 15.1 Å². The molecule has 3 aromatic rings. The third kappa shape index (κ3) is 3.16. The second-order valence-electron chi connectivity index (χ2n) is 7.72. The zero-order chi connectivity index (χ0) is 19.8. The van der Waals surface area contributed by atoms with Crippen molar-refractivity contribution < 1.29 is 4.79 Å². The van der Waals surface area contributed by atoms with Crippen LogP contribution in [0, 0.1) is 0 Å². The normalized spacial score (nSPS) is 12.9. The van der Waals surface area contributed by atoms with Crippen LogP contribution in [0.1, 0.15) is 16.1 Å². The lowest BCUT2D eigenvalue weighted by Crippen LogP contribution is -2.22. The number of anilines is 1. The van der Waals surface area contributed by atoms with E-state index < -0.39 is 0 Å². The molecule has 0 aliphatic heterocycles. The van der Waals surface area contributed by atoms with Gasteiger partial charge in [-0.2, -0.15) is 5.10 Å². The monoisotopic (exact) mass is 378 g/mol. The second-order valence-corrected chi connectivity index (χ2v) is 7.72. The lowest BCUT2D eigenvalue weighted by molar-refractivity contribution is 0.103. The Kier molecular flexibility index (Phi) is 4.87. The van der Waals surface area contributed by atoms with E-state index in [9.17, 15) is 4.79 Å². The molecule has 7 nitrogen and oxygen atoms in total. The number of hydrogen-bond acceptors (Lipinski definition) is 6. The zero-order valence-electron chi connectivity index (χ0n) is 16.9. The van der Waals surface area contributed by atoms with Gasteiger partial charge in [0.1, 0.15) is 11.4 Å². The first-order valence-electron chi connectivity index (χ1n) is 9.54. The van der Waals surface area contributed by atoms with Crippen LogP contribution in [0.4, 0.5) is 5.69 Å². The topological polar surface area (TPSA) is 66.3 Å². The number of pyridine rings is 1. The summed E-state index contributed by atoms with van der Waals surface area (Å²) >= 11 is 0. The molecule has 0 radical (unpaired) electrons. The van der Waals surface area contributed by atoms with Crippen molar-refractivity contribution in [3.8, 4) is 11.3 Å². The number of likely N-dealkylation sites (N-methyl/N-ethyl adjacent to an activating group) is 2. The number of hydrogen-bond donors (Lipinski definition) is 1. The Morgan fingerprint density at radius 1 is 1.04 bits per heavy atom. The standard InChI is InChI=1S/C21H26N6O/c1-25(2)11-10-22-15-7-8-16-18-17(15)21(28)20-14(6-5-9-23-20)19(18)24-27(16)13-12-26(3)4/h5-9,22H,10-13H2,1-4H3. The highest BCUT2D eigenvalue weighted by atomic mass is 16.1. The molecule has 0 amide bonds. The third-order valence-corrected chi connectivity index (χ3v) is 5.06. The summed E-state index contributed by atoms with van der Waals surface area (Å²) < 4.78 is 2.01. The molecule has 0 atom stereocenters. The van der Waals surface area contributed by atoms with Gasteiger partial charge in [0.25, 0.3) is 0 Å². The van der Waals surface area contributed by atoms with Crippen LogP contribution in [0.5, 0.6) is 0 Å². The van der Waals surface area contributed by atoms with Gasteiger partial charge in [-0.1, -0.05) is 0 Å². The minimum atomic E-state index is -0.0341. The number of nitrogens with one attached hydrogen (secondary N) is 1. The Hall–Kier alpha value is -2.77.